The molecule has 182 valence electrons. The second-order valence-corrected chi connectivity index (χ2v) is 11.0. The Labute approximate surface area is 216 Å². The average Bonchev–Trinajstić information content (AvgIpc) is 3.26. The molecule has 0 aliphatic carbocycles. The molecule has 1 aliphatic rings. The summed E-state index contributed by atoms with van der Waals surface area (Å²) in [7, 11) is 0. The Balaban J connectivity index is 1.32. The Hall–Kier alpha value is -3.73. The molecule has 0 atom stereocenters. The average molecular weight is 496 g/mol. The summed E-state index contributed by atoms with van der Waals surface area (Å²) >= 11 is 1.68. The van der Waals surface area contributed by atoms with Crippen molar-refractivity contribution >= 4 is 27.8 Å². The Morgan fingerprint density at radius 3 is 2.81 bits per heavy atom. The van der Waals surface area contributed by atoms with Gasteiger partial charge < -0.3 is 10.1 Å². The SMILES string of the molecule is [C-]#[N+]c1cccc(CN2CCc3nc(Nc4cccnc4Oc4ccccc4C(C)(C)C)sc3C2)c1. The number of hydrogen-bond acceptors (Lipinski definition) is 6. The first kappa shape index (κ1) is 24.0. The monoisotopic (exact) mass is 495 g/mol. The van der Waals surface area contributed by atoms with Crippen LogP contribution in [0.3, 0.4) is 0 Å². The minimum Gasteiger partial charge on any atom is -0.437 e. The number of rotatable bonds is 6. The van der Waals surface area contributed by atoms with Crippen molar-refractivity contribution in [3.05, 3.63) is 100.0 Å². The van der Waals surface area contributed by atoms with Gasteiger partial charge in [-0.1, -0.05) is 63.2 Å². The molecule has 5 rings (SSSR count). The Bertz CT molecular complexity index is 1420. The van der Waals surface area contributed by atoms with E-state index in [1.165, 1.54) is 10.4 Å². The largest absolute Gasteiger partial charge is 0.437 e. The zero-order chi connectivity index (χ0) is 25.1. The molecule has 0 fully saturated rings. The van der Waals surface area contributed by atoms with Gasteiger partial charge in [-0.25, -0.2) is 14.8 Å². The van der Waals surface area contributed by atoms with E-state index in [0.29, 0.717) is 11.6 Å². The number of pyridine rings is 1. The normalized spacial score (nSPS) is 13.6. The third kappa shape index (κ3) is 5.40. The highest BCUT2D eigenvalue weighted by molar-refractivity contribution is 7.15. The van der Waals surface area contributed by atoms with E-state index in [1.807, 2.05) is 48.5 Å². The zero-order valence-corrected chi connectivity index (χ0v) is 21.6. The lowest BCUT2D eigenvalue weighted by Crippen LogP contribution is -2.29. The maximum Gasteiger partial charge on any atom is 0.243 e. The van der Waals surface area contributed by atoms with Crippen LogP contribution in [0.15, 0.2) is 66.9 Å². The van der Waals surface area contributed by atoms with Crippen molar-refractivity contribution in [2.24, 2.45) is 0 Å². The molecule has 0 amide bonds. The molecule has 0 bridgehead atoms. The van der Waals surface area contributed by atoms with Crippen LogP contribution in [0.1, 0.15) is 42.5 Å². The molecule has 0 radical (unpaired) electrons. The molecule has 3 heterocycles. The number of nitrogens with one attached hydrogen (secondary N) is 1. The molecule has 1 N–H and O–H groups in total. The van der Waals surface area contributed by atoms with Gasteiger partial charge in [-0.3, -0.25) is 4.90 Å². The summed E-state index contributed by atoms with van der Waals surface area (Å²) in [5, 5.41) is 4.30. The number of hydrogen-bond donors (Lipinski definition) is 1. The van der Waals surface area contributed by atoms with Crippen LogP contribution >= 0.6 is 11.3 Å². The van der Waals surface area contributed by atoms with Gasteiger partial charge >= 0.3 is 0 Å². The summed E-state index contributed by atoms with van der Waals surface area (Å²) in [6.45, 7) is 16.4. The van der Waals surface area contributed by atoms with Gasteiger partial charge in [-0.05, 0) is 29.2 Å². The predicted molar refractivity (Wildman–Crippen MR) is 145 cm³/mol. The molecule has 36 heavy (non-hydrogen) atoms. The van der Waals surface area contributed by atoms with Gasteiger partial charge in [0.1, 0.15) is 11.4 Å². The fourth-order valence-corrected chi connectivity index (χ4v) is 5.44. The predicted octanol–water partition coefficient (Wildman–Crippen LogP) is 7.48. The Morgan fingerprint density at radius 1 is 1.11 bits per heavy atom. The molecule has 4 aromatic rings. The lowest BCUT2D eigenvalue weighted by atomic mass is 9.86. The van der Waals surface area contributed by atoms with Crippen molar-refractivity contribution in [2.45, 2.75) is 45.7 Å². The lowest BCUT2D eigenvalue weighted by molar-refractivity contribution is 0.247. The molecule has 6 nitrogen and oxygen atoms in total. The lowest BCUT2D eigenvalue weighted by Gasteiger charge is -2.25. The first-order valence-corrected chi connectivity index (χ1v) is 12.9. The van der Waals surface area contributed by atoms with Crippen LogP contribution in [-0.2, 0) is 24.9 Å². The van der Waals surface area contributed by atoms with Gasteiger partial charge in [-0.2, -0.15) is 0 Å². The number of aromatic nitrogens is 2. The highest BCUT2D eigenvalue weighted by Gasteiger charge is 2.23. The van der Waals surface area contributed by atoms with Gasteiger partial charge in [0.25, 0.3) is 0 Å². The molecule has 2 aromatic heterocycles. The van der Waals surface area contributed by atoms with Gasteiger partial charge in [-0.15, -0.1) is 11.3 Å². The van der Waals surface area contributed by atoms with Crippen LogP contribution in [0.4, 0.5) is 16.5 Å². The second kappa shape index (κ2) is 10.1. The van der Waals surface area contributed by atoms with E-state index in [-0.39, 0.29) is 5.41 Å². The fraction of sp³-hybridized carbons (Fsp3) is 0.276. The molecule has 7 heteroatoms. The minimum atomic E-state index is -0.0451. The van der Waals surface area contributed by atoms with E-state index in [2.05, 4.69) is 52.9 Å². The quantitative estimate of drug-likeness (QED) is 0.281. The van der Waals surface area contributed by atoms with E-state index < -0.39 is 0 Å². The van der Waals surface area contributed by atoms with Crippen LogP contribution in [0.25, 0.3) is 4.85 Å². The molecular formula is C29H29N5OS. The number of nitrogens with zero attached hydrogens (tertiary/aromatic N) is 4. The zero-order valence-electron chi connectivity index (χ0n) is 20.8. The summed E-state index contributed by atoms with van der Waals surface area (Å²) in [6.07, 6.45) is 2.65. The van der Waals surface area contributed by atoms with Gasteiger partial charge in [0.05, 0.1) is 12.3 Å². The van der Waals surface area contributed by atoms with Crippen LogP contribution in [0.5, 0.6) is 11.6 Å². The number of ether oxygens (including phenoxy) is 1. The summed E-state index contributed by atoms with van der Waals surface area (Å²) in [4.78, 5) is 16.6. The van der Waals surface area contributed by atoms with Crippen LogP contribution < -0.4 is 10.1 Å². The minimum absolute atomic E-state index is 0.0451. The number of benzene rings is 2. The number of fused-ring (bicyclic) bond motifs is 1. The highest BCUT2D eigenvalue weighted by Crippen LogP contribution is 2.37. The second-order valence-electron chi connectivity index (χ2n) is 9.96. The van der Waals surface area contributed by atoms with E-state index in [4.69, 9.17) is 16.3 Å². The number of anilines is 2. The molecule has 0 saturated heterocycles. The van der Waals surface area contributed by atoms with Gasteiger partial charge in [0, 0.05) is 42.7 Å². The fourth-order valence-electron chi connectivity index (χ4n) is 4.38. The van der Waals surface area contributed by atoms with Crippen molar-refractivity contribution in [1.82, 2.24) is 14.9 Å². The molecule has 1 aliphatic heterocycles. The summed E-state index contributed by atoms with van der Waals surface area (Å²) in [6, 6.07) is 19.9. The molecule has 0 saturated carbocycles. The topological polar surface area (TPSA) is 54.6 Å². The smallest absolute Gasteiger partial charge is 0.243 e. The first-order chi connectivity index (χ1) is 17.4. The maximum absolute atomic E-state index is 7.25. The summed E-state index contributed by atoms with van der Waals surface area (Å²) < 4.78 is 6.32. The molecule has 0 unspecified atom stereocenters. The molecule has 0 spiro atoms. The van der Waals surface area contributed by atoms with Crippen LogP contribution in [0.2, 0.25) is 0 Å². The third-order valence-electron chi connectivity index (χ3n) is 6.17. The number of para-hydroxylation sites is 1. The van der Waals surface area contributed by atoms with Crippen molar-refractivity contribution in [3.8, 4) is 11.6 Å². The van der Waals surface area contributed by atoms with Gasteiger partial charge in [0.15, 0.2) is 10.8 Å². The summed E-state index contributed by atoms with van der Waals surface area (Å²) in [5.41, 5.74) is 4.89. The number of thiazole rings is 1. The highest BCUT2D eigenvalue weighted by atomic mass is 32.1. The standard InChI is InChI=1S/C29H29N5OS/c1-29(2,3)22-11-5-6-13-25(22)35-27-24(12-8-15-31-27)33-28-32-23-14-16-34(19-26(23)36-28)18-20-9-7-10-21(17-20)30-4/h5-13,15,17H,14,16,18-19H2,1-3H3,(H,32,33). The molecule has 2 aromatic carbocycles. The third-order valence-corrected chi connectivity index (χ3v) is 7.17. The van der Waals surface area contributed by atoms with Crippen molar-refractivity contribution in [2.75, 3.05) is 11.9 Å². The summed E-state index contributed by atoms with van der Waals surface area (Å²) in [5.74, 6) is 1.34. The van der Waals surface area contributed by atoms with Gasteiger partial charge in [0.2, 0.25) is 5.88 Å². The van der Waals surface area contributed by atoms with Crippen LogP contribution in [-0.4, -0.2) is 21.4 Å². The maximum atomic E-state index is 7.25. The Morgan fingerprint density at radius 2 is 1.97 bits per heavy atom. The van der Waals surface area contributed by atoms with Crippen molar-refractivity contribution in [3.63, 3.8) is 0 Å². The first-order valence-electron chi connectivity index (χ1n) is 12.1. The van der Waals surface area contributed by atoms with E-state index in [0.717, 1.165) is 53.9 Å². The molecular weight excluding hydrogens is 466 g/mol. The van der Waals surface area contributed by atoms with Crippen molar-refractivity contribution in [1.29, 1.82) is 0 Å². The Kier molecular flexibility index (Phi) is 6.73. The van der Waals surface area contributed by atoms with Crippen molar-refractivity contribution < 1.29 is 4.74 Å². The van der Waals surface area contributed by atoms with E-state index in [9.17, 15) is 0 Å². The van der Waals surface area contributed by atoms with E-state index >= 15 is 0 Å². The van der Waals surface area contributed by atoms with E-state index in [1.54, 1.807) is 17.5 Å². The van der Waals surface area contributed by atoms with Crippen LogP contribution in [0, 0.1) is 6.57 Å².